The molecular weight excluding hydrogens is 170 g/mol. The molecule has 0 saturated carbocycles. The summed E-state index contributed by atoms with van der Waals surface area (Å²) < 4.78 is 0. The molecule has 2 rings (SSSR count). The fourth-order valence-electron chi connectivity index (χ4n) is 1.02. The minimum atomic E-state index is 0.882. The van der Waals surface area contributed by atoms with E-state index in [9.17, 15) is 0 Å². The van der Waals surface area contributed by atoms with Crippen molar-refractivity contribution in [1.29, 1.82) is 0 Å². The van der Waals surface area contributed by atoms with E-state index < -0.39 is 0 Å². The topological polar surface area (TPSA) is 38.7 Å². The molecule has 0 aliphatic carbocycles. The van der Waals surface area contributed by atoms with Gasteiger partial charge in [-0.1, -0.05) is 0 Å². The zero-order chi connectivity index (χ0) is 8.39. The summed E-state index contributed by atoms with van der Waals surface area (Å²) in [6, 6.07) is 3.81. The van der Waals surface area contributed by atoms with Crippen LogP contribution in [0.4, 0.5) is 0 Å². The fourth-order valence-corrected chi connectivity index (χ4v) is 1.52. The van der Waals surface area contributed by atoms with E-state index in [4.69, 9.17) is 0 Å². The Morgan fingerprint density at radius 1 is 1.25 bits per heavy atom. The second-order valence-electron chi connectivity index (χ2n) is 2.25. The van der Waals surface area contributed by atoms with E-state index in [1.165, 1.54) is 0 Å². The van der Waals surface area contributed by atoms with Crippen molar-refractivity contribution in [3.63, 3.8) is 0 Å². The molecular formula is C8H7N3S. The third-order valence-corrected chi connectivity index (χ3v) is 2.24. The van der Waals surface area contributed by atoms with Crippen LogP contribution in [0.3, 0.4) is 0 Å². The quantitative estimate of drug-likeness (QED) is 0.491. The average Bonchev–Trinajstić information content (AvgIpc) is 2.17. The predicted octanol–water partition coefficient (Wildman–Crippen LogP) is 1.75. The molecule has 3 nitrogen and oxygen atoms in total. The highest BCUT2D eigenvalue weighted by Crippen LogP contribution is 2.18. The number of rotatable bonds is 1. The molecule has 2 aromatic rings. The zero-order valence-electron chi connectivity index (χ0n) is 6.56. The molecule has 0 aliphatic heterocycles. The van der Waals surface area contributed by atoms with Crippen LogP contribution in [-0.2, 0) is 0 Å². The Morgan fingerprint density at radius 2 is 2.17 bits per heavy atom. The predicted molar refractivity (Wildman–Crippen MR) is 49.1 cm³/mol. The summed E-state index contributed by atoms with van der Waals surface area (Å²) >= 11 is 1.58. The fraction of sp³-hybridized carbons (Fsp3) is 0.125. The number of thioether (sulfide) groups is 1. The van der Waals surface area contributed by atoms with Gasteiger partial charge in [-0.25, -0.2) is 9.97 Å². The van der Waals surface area contributed by atoms with Crippen molar-refractivity contribution in [2.75, 3.05) is 6.26 Å². The Hall–Kier alpha value is -1.16. The molecule has 2 heterocycles. The molecule has 0 radical (unpaired) electrons. The molecule has 0 saturated heterocycles. The molecule has 12 heavy (non-hydrogen) atoms. The number of pyridine rings is 1. The molecule has 0 amide bonds. The van der Waals surface area contributed by atoms with Crippen LogP contribution in [0.2, 0.25) is 0 Å². The Bertz CT molecular complexity index is 397. The zero-order valence-corrected chi connectivity index (χ0v) is 7.38. The van der Waals surface area contributed by atoms with Crippen molar-refractivity contribution in [3.8, 4) is 0 Å². The van der Waals surface area contributed by atoms with Crippen molar-refractivity contribution < 1.29 is 0 Å². The summed E-state index contributed by atoms with van der Waals surface area (Å²) in [5.41, 5.74) is 1.78. The van der Waals surface area contributed by atoms with Gasteiger partial charge in [-0.2, -0.15) is 0 Å². The van der Waals surface area contributed by atoms with Crippen LogP contribution < -0.4 is 0 Å². The monoisotopic (exact) mass is 177 g/mol. The summed E-state index contributed by atoms with van der Waals surface area (Å²) in [6.45, 7) is 0. The van der Waals surface area contributed by atoms with Crippen molar-refractivity contribution in [3.05, 3.63) is 24.7 Å². The number of aromatic nitrogens is 3. The number of hydrogen-bond donors (Lipinski definition) is 0. The highest BCUT2D eigenvalue weighted by Gasteiger charge is 2.00. The van der Waals surface area contributed by atoms with Crippen molar-refractivity contribution in [2.24, 2.45) is 0 Å². The average molecular weight is 177 g/mol. The molecule has 0 N–H and O–H groups in total. The maximum atomic E-state index is 4.21. The highest BCUT2D eigenvalue weighted by atomic mass is 32.2. The minimum Gasteiger partial charge on any atom is -0.252 e. The molecule has 0 aliphatic rings. The summed E-state index contributed by atoms with van der Waals surface area (Å²) in [5.74, 6) is 0. The Balaban J connectivity index is 2.79. The molecule has 2 aromatic heterocycles. The summed E-state index contributed by atoms with van der Waals surface area (Å²) in [5, 5.41) is 0.931. The van der Waals surface area contributed by atoms with Gasteiger partial charge in [0.05, 0.1) is 5.52 Å². The van der Waals surface area contributed by atoms with Gasteiger partial charge in [0.25, 0.3) is 0 Å². The van der Waals surface area contributed by atoms with E-state index in [0.29, 0.717) is 0 Å². The van der Waals surface area contributed by atoms with Gasteiger partial charge in [-0.05, 0) is 18.4 Å². The first-order valence-corrected chi connectivity index (χ1v) is 4.74. The summed E-state index contributed by atoms with van der Waals surface area (Å²) in [6.07, 6.45) is 5.30. The van der Waals surface area contributed by atoms with Crippen molar-refractivity contribution in [2.45, 2.75) is 5.03 Å². The van der Waals surface area contributed by atoms with Crippen LogP contribution in [0.1, 0.15) is 0 Å². The molecule has 4 heteroatoms. The third-order valence-electron chi connectivity index (χ3n) is 1.55. The van der Waals surface area contributed by atoms with E-state index in [0.717, 1.165) is 16.1 Å². The van der Waals surface area contributed by atoms with Crippen LogP contribution in [0.15, 0.2) is 29.7 Å². The number of fused-ring (bicyclic) bond motifs is 1. The largest absolute Gasteiger partial charge is 0.252 e. The van der Waals surface area contributed by atoms with E-state index in [1.54, 1.807) is 24.3 Å². The van der Waals surface area contributed by atoms with E-state index >= 15 is 0 Å². The normalized spacial score (nSPS) is 10.4. The lowest BCUT2D eigenvalue weighted by atomic mass is 10.4. The molecule has 0 unspecified atom stereocenters. The van der Waals surface area contributed by atoms with Gasteiger partial charge in [0.15, 0.2) is 0 Å². The summed E-state index contributed by atoms with van der Waals surface area (Å²) in [7, 11) is 0. The van der Waals surface area contributed by atoms with Crippen LogP contribution in [-0.4, -0.2) is 21.2 Å². The first kappa shape index (κ1) is 7.49. The lowest BCUT2D eigenvalue weighted by molar-refractivity contribution is 1.08. The lowest BCUT2D eigenvalue weighted by Crippen LogP contribution is -1.87. The maximum Gasteiger partial charge on any atom is 0.125 e. The van der Waals surface area contributed by atoms with Crippen molar-refractivity contribution in [1.82, 2.24) is 15.0 Å². The Kier molecular flexibility index (Phi) is 1.91. The molecule has 0 aromatic carbocycles. The van der Waals surface area contributed by atoms with E-state index in [-0.39, 0.29) is 0 Å². The molecule has 0 atom stereocenters. The lowest BCUT2D eigenvalue weighted by Gasteiger charge is -1.98. The van der Waals surface area contributed by atoms with Gasteiger partial charge in [-0.3, -0.25) is 4.98 Å². The van der Waals surface area contributed by atoms with E-state index in [1.807, 2.05) is 18.4 Å². The molecule has 0 bridgehead atoms. The maximum absolute atomic E-state index is 4.21. The molecule has 0 spiro atoms. The molecule has 0 fully saturated rings. The van der Waals surface area contributed by atoms with Gasteiger partial charge in [0, 0.05) is 6.20 Å². The van der Waals surface area contributed by atoms with Gasteiger partial charge in [0.2, 0.25) is 0 Å². The second kappa shape index (κ2) is 3.06. The van der Waals surface area contributed by atoms with Crippen LogP contribution in [0.25, 0.3) is 11.0 Å². The molecule has 60 valence electrons. The van der Waals surface area contributed by atoms with Gasteiger partial charge in [-0.15, -0.1) is 11.8 Å². The van der Waals surface area contributed by atoms with Crippen LogP contribution in [0.5, 0.6) is 0 Å². The summed E-state index contributed by atoms with van der Waals surface area (Å²) in [4.78, 5) is 12.4. The first-order chi connectivity index (χ1) is 5.92. The van der Waals surface area contributed by atoms with Gasteiger partial charge >= 0.3 is 0 Å². The highest BCUT2D eigenvalue weighted by molar-refractivity contribution is 7.98. The Morgan fingerprint density at radius 3 is 3.00 bits per heavy atom. The minimum absolute atomic E-state index is 0.882. The number of hydrogen-bond acceptors (Lipinski definition) is 4. The standard InChI is InChI=1S/C8H7N3S/c1-12-8-7-6(10-5-11-8)3-2-4-9-7/h2-5H,1H3. The van der Waals surface area contributed by atoms with Gasteiger partial charge < -0.3 is 0 Å². The van der Waals surface area contributed by atoms with E-state index in [2.05, 4.69) is 15.0 Å². The van der Waals surface area contributed by atoms with Gasteiger partial charge in [0.1, 0.15) is 16.9 Å². The van der Waals surface area contributed by atoms with Crippen LogP contribution >= 0.6 is 11.8 Å². The second-order valence-corrected chi connectivity index (χ2v) is 3.05. The first-order valence-electron chi connectivity index (χ1n) is 3.51. The third kappa shape index (κ3) is 1.14. The SMILES string of the molecule is CSc1ncnc2cccnc12. The Labute approximate surface area is 74.3 Å². The smallest absolute Gasteiger partial charge is 0.125 e. The van der Waals surface area contributed by atoms with Crippen molar-refractivity contribution >= 4 is 22.8 Å². The number of nitrogens with zero attached hydrogens (tertiary/aromatic N) is 3. The van der Waals surface area contributed by atoms with Crippen LogP contribution in [0, 0.1) is 0 Å².